The van der Waals surface area contributed by atoms with Crippen LogP contribution in [0.4, 0.5) is 0 Å². The summed E-state index contributed by atoms with van der Waals surface area (Å²) in [5.74, 6) is 0.911. The van der Waals surface area contributed by atoms with Crippen LogP contribution in [0.15, 0.2) is 0 Å². The third-order valence-corrected chi connectivity index (χ3v) is 3.66. The number of unbranched alkanes of at least 4 members (excludes halogenated alkanes) is 10. The van der Waals surface area contributed by atoms with Gasteiger partial charge in [-0.05, 0) is 6.42 Å². The molecule has 0 aromatic rings. The van der Waals surface area contributed by atoms with Gasteiger partial charge in [0.1, 0.15) is 0 Å². The normalized spacial score (nSPS) is 10.6. The highest BCUT2D eigenvalue weighted by atomic mass is 32.1. The van der Waals surface area contributed by atoms with Gasteiger partial charge in [-0.25, -0.2) is 0 Å². The summed E-state index contributed by atoms with van der Waals surface area (Å²) in [4.78, 5) is 11.3. The molecule has 19 heavy (non-hydrogen) atoms. The monoisotopic (exact) mass is 287 g/mol. The lowest BCUT2D eigenvalue weighted by Crippen LogP contribution is -2.24. The van der Waals surface area contributed by atoms with Gasteiger partial charge in [0.2, 0.25) is 5.91 Å². The molecule has 0 atom stereocenters. The molecule has 0 saturated carbocycles. The summed E-state index contributed by atoms with van der Waals surface area (Å²) in [6, 6.07) is 0. The number of carbonyl (C=O) groups is 1. The van der Waals surface area contributed by atoms with E-state index in [2.05, 4.69) is 24.9 Å². The van der Waals surface area contributed by atoms with E-state index in [0.29, 0.717) is 13.0 Å². The van der Waals surface area contributed by atoms with Crippen LogP contribution in [-0.4, -0.2) is 18.2 Å². The van der Waals surface area contributed by atoms with Gasteiger partial charge in [0.05, 0.1) is 0 Å². The van der Waals surface area contributed by atoms with Crippen LogP contribution >= 0.6 is 12.6 Å². The van der Waals surface area contributed by atoms with Crippen molar-refractivity contribution in [2.24, 2.45) is 0 Å². The zero-order valence-electron chi connectivity index (χ0n) is 12.8. The van der Waals surface area contributed by atoms with Crippen LogP contribution < -0.4 is 5.32 Å². The second kappa shape index (κ2) is 15.9. The van der Waals surface area contributed by atoms with Crippen LogP contribution in [0.2, 0.25) is 0 Å². The van der Waals surface area contributed by atoms with Gasteiger partial charge in [-0.1, -0.05) is 71.1 Å². The SMILES string of the molecule is CCCCCCCCCCCCCC(=O)NCCS. The Labute approximate surface area is 125 Å². The van der Waals surface area contributed by atoms with Crippen LogP contribution in [0, 0.1) is 0 Å². The molecule has 114 valence electrons. The predicted octanol–water partition coefficient (Wildman–Crippen LogP) is 4.73. The van der Waals surface area contributed by atoms with Gasteiger partial charge in [-0.2, -0.15) is 12.6 Å². The maximum absolute atomic E-state index is 11.3. The molecule has 0 saturated heterocycles. The number of carbonyl (C=O) groups excluding carboxylic acids is 1. The first-order valence-corrected chi connectivity index (χ1v) is 8.82. The van der Waals surface area contributed by atoms with Crippen molar-refractivity contribution in [3.8, 4) is 0 Å². The van der Waals surface area contributed by atoms with Gasteiger partial charge in [0, 0.05) is 18.7 Å². The lowest BCUT2D eigenvalue weighted by atomic mass is 10.1. The van der Waals surface area contributed by atoms with E-state index >= 15 is 0 Å². The first-order valence-electron chi connectivity index (χ1n) is 8.18. The fourth-order valence-electron chi connectivity index (χ4n) is 2.23. The molecule has 0 heterocycles. The fourth-order valence-corrected chi connectivity index (χ4v) is 2.35. The number of nitrogens with one attached hydrogen (secondary N) is 1. The van der Waals surface area contributed by atoms with Crippen LogP contribution in [0.1, 0.15) is 84.0 Å². The Morgan fingerprint density at radius 2 is 1.32 bits per heavy atom. The predicted molar refractivity (Wildman–Crippen MR) is 87.9 cm³/mol. The van der Waals surface area contributed by atoms with E-state index in [-0.39, 0.29) is 5.91 Å². The molecule has 0 radical (unpaired) electrons. The Balaban J connectivity index is 3.04. The Morgan fingerprint density at radius 3 is 1.79 bits per heavy atom. The van der Waals surface area contributed by atoms with Gasteiger partial charge < -0.3 is 5.32 Å². The maximum atomic E-state index is 11.3. The molecule has 0 bridgehead atoms. The number of hydrogen-bond acceptors (Lipinski definition) is 2. The minimum Gasteiger partial charge on any atom is -0.355 e. The quantitative estimate of drug-likeness (QED) is 0.351. The maximum Gasteiger partial charge on any atom is 0.220 e. The van der Waals surface area contributed by atoms with Crippen molar-refractivity contribution in [2.45, 2.75) is 84.0 Å². The van der Waals surface area contributed by atoms with Crippen LogP contribution in [0.5, 0.6) is 0 Å². The molecule has 2 nitrogen and oxygen atoms in total. The first-order chi connectivity index (χ1) is 9.31. The Kier molecular flexibility index (Phi) is 15.7. The van der Waals surface area contributed by atoms with Crippen LogP contribution in [0.25, 0.3) is 0 Å². The van der Waals surface area contributed by atoms with E-state index in [1.165, 1.54) is 64.2 Å². The Hall–Kier alpha value is -0.180. The van der Waals surface area contributed by atoms with E-state index in [1.807, 2.05) is 0 Å². The second-order valence-electron chi connectivity index (χ2n) is 5.36. The highest BCUT2D eigenvalue weighted by Gasteiger charge is 1.99. The number of thiol groups is 1. The molecule has 1 N–H and O–H groups in total. The Morgan fingerprint density at radius 1 is 0.842 bits per heavy atom. The van der Waals surface area contributed by atoms with Crippen molar-refractivity contribution < 1.29 is 4.79 Å². The van der Waals surface area contributed by atoms with E-state index < -0.39 is 0 Å². The topological polar surface area (TPSA) is 29.1 Å². The van der Waals surface area contributed by atoms with Gasteiger partial charge in [0.15, 0.2) is 0 Å². The molecule has 0 aliphatic heterocycles. The summed E-state index contributed by atoms with van der Waals surface area (Å²) in [5, 5.41) is 2.85. The molecule has 0 aliphatic carbocycles. The van der Waals surface area contributed by atoms with Crippen molar-refractivity contribution in [3.05, 3.63) is 0 Å². The van der Waals surface area contributed by atoms with Crippen molar-refractivity contribution >= 4 is 18.5 Å². The van der Waals surface area contributed by atoms with Crippen molar-refractivity contribution in [1.82, 2.24) is 5.32 Å². The molecule has 0 spiro atoms. The smallest absolute Gasteiger partial charge is 0.220 e. The molecule has 3 heteroatoms. The van der Waals surface area contributed by atoms with E-state index in [4.69, 9.17) is 0 Å². The molecule has 0 rings (SSSR count). The summed E-state index contributed by atoms with van der Waals surface area (Å²) >= 11 is 4.06. The third kappa shape index (κ3) is 15.8. The fraction of sp³-hybridized carbons (Fsp3) is 0.938. The van der Waals surface area contributed by atoms with Gasteiger partial charge >= 0.3 is 0 Å². The molecule has 1 amide bonds. The van der Waals surface area contributed by atoms with Crippen molar-refractivity contribution in [2.75, 3.05) is 12.3 Å². The first kappa shape index (κ1) is 18.8. The van der Waals surface area contributed by atoms with Crippen molar-refractivity contribution in [1.29, 1.82) is 0 Å². The average molecular weight is 288 g/mol. The van der Waals surface area contributed by atoms with E-state index in [0.717, 1.165) is 12.2 Å². The number of rotatable bonds is 14. The van der Waals surface area contributed by atoms with E-state index in [1.54, 1.807) is 0 Å². The summed E-state index contributed by atoms with van der Waals surface area (Å²) in [6.45, 7) is 2.96. The second-order valence-corrected chi connectivity index (χ2v) is 5.81. The average Bonchev–Trinajstić information content (AvgIpc) is 2.42. The van der Waals surface area contributed by atoms with E-state index in [9.17, 15) is 4.79 Å². The highest BCUT2D eigenvalue weighted by molar-refractivity contribution is 7.80. The standard InChI is InChI=1S/C16H33NOS/c1-2-3-4-5-6-7-8-9-10-11-12-13-16(18)17-14-15-19/h19H,2-15H2,1H3,(H,17,18). The van der Waals surface area contributed by atoms with Gasteiger partial charge in [-0.15, -0.1) is 0 Å². The van der Waals surface area contributed by atoms with Gasteiger partial charge in [0.25, 0.3) is 0 Å². The molecule has 0 unspecified atom stereocenters. The van der Waals surface area contributed by atoms with Gasteiger partial charge in [-0.3, -0.25) is 4.79 Å². The molecule has 0 aromatic heterocycles. The zero-order valence-corrected chi connectivity index (χ0v) is 13.6. The summed E-state index contributed by atoms with van der Waals surface area (Å²) < 4.78 is 0. The molecule has 0 aliphatic rings. The minimum absolute atomic E-state index is 0.185. The zero-order chi connectivity index (χ0) is 14.2. The highest BCUT2D eigenvalue weighted by Crippen LogP contribution is 2.11. The largest absolute Gasteiger partial charge is 0.355 e. The third-order valence-electron chi connectivity index (χ3n) is 3.44. The Bertz CT molecular complexity index is 197. The molecule has 0 aromatic carbocycles. The minimum atomic E-state index is 0.185. The molecule has 0 fully saturated rings. The van der Waals surface area contributed by atoms with Crippen LogP contribution in [0.3, 0.4) is 0 Å². The lowest BCUT2D eigenvalue weighted by Gasteiger charge is -2.04. The number of hydrogen-bond donors (Lipinski definition) is 2. The van der Waals surface area contributed by atoms with Crippen molar-refractivity contribution in [3.63, 3.8) is 0 Å². The summed E-state index contributed by atoms with van der Waals surface area (Å²) in [5.41, 5.74) is 0. The molecular weight excluding hydrogens is 254 g/mol. The summed E-state index contributed by atoms with van der Waals surface area (Å²) in [7, 11) is 0. The summed E-state index contributed by atoms with van der Waals surface area (Å²) in [6.07, 6.45) is 15.3. The van der Waals surface area contributed by atoms with Crippen LogP contribution in [-0.2, 0) is 4.79 Å². The number of amides is 1. The molecular formula is C16H33NOS. The lowest BCUT2D eigenvalue weighted by molar-refractivity contribution is -0.121.